The molecule has 1 aliphatic rings. The fraction of sp³-hybridized carbons (Fsp3) is 0.500. The van der Waals surface area contributed by atoms with E-state index in [2.05, 4.69) is 45.1 Å². The van der Waals surface area contributed by atoms with Crippen LogP contribution in [-0.2, 0) is 0 Å². The molecule has 0 amide bonds. The summed E-state index contributed by atoms with van der Waals surface area (Å²) in [6, 6.07) is 0. The average Bonchev–Trinajstić information content (AvgIpc) is 1.99. The van der Waals surface area contributed by atoms with Crippen LogP contribution in [0.15, 0.2) is 34.8 Å². The Labute approximate surface area is 85.8 Å². The van der Waals surface area contributed by atoms with Gasteiger partial charge in [0, 0.05) is 5.25 Å². The van der Waals surface area contributed by atoms with Gasteiger partial charge in [0.2, 0.25) is 0 Å². The molecule has 0 aliphatic heterocycles. The van der Waals surface area contributed by atoms with E-state index in [1.165, 1.54) is 10.5 Å². The summed E-state index contributed by atoms with van der Waals surface area (Å²) in [4.78, 5) is 1.51. The second-order valence-electron chi connectivity index (χ2n) is 3.63. The Balaban J connectivity index is 2.58. The molecule has 0 nitrogen and oxygen atoms in total. The minimum Gasteiger partial charge on any atom is -0.128 e. The molecule has 0 radical (unpaired) electrons. The van der Waals surface area contributed by atoms with Crippen molar-refractivity contribution >= 4 is 11.8 Å². The molecule has 1 aliphatic carbocycles. The van der Waals surface area contributed by atoms with Gasteiger partial charge in [0.25, 0.3) is 0 Å². The van der Waals surface area contributed by atoms with Crippen molar-refractivity contribution < 1.29 is 0 Å². The molecular formula is C12H18S. The molecule has 0 saturated carbocycles. The summed E-state index contributed by atoms with van der Waals surface area (Å²) >= 11 is 1.98. The summed E-state index contributed by atoms with van der Waals surface area (Å²) in [5.41, 5.74) is 1.38. The molecule has 0 aromatic carbocycles. The Bertz CT molecular complexity index is 244. The highest BCUT2D eigenvalue weighted by atomic mass is 32.2. The van der Waals surface area contributed by atoms with Crippen LogP contribution in [0.4, 0.5) is 0 Å². The molecule has 0 aromatic rings. The van der Waals surface area contributed by atoms with Crippen molar-refractivity contribution in [2.24, 2.45) is 0 Å². The van der Waals surface area contributed by atoms with Crippen molar-refractivity contribution in [3.8, 4) is 0 Å². The van der Waals surface area contributed by atoms with E-state index < -0.39 is 0 Å². The molecule has 0 atom stereocenters. The van der Waals surface area contributed by atoms with Crippen LogP contribution >= 0.6 is 11.8 Å². The summed E-state index contributed by atoms with van der Waals surface area (Å²) in [5.74, 6) is 0. The summed E-state index contributed by atoms with van der Waals surface area (Å²) in [6.07, 6.45) is 11.3. The third-order valence-electron chi connectivity index (χ3n) is 1.87. The lowest BCUT2D eigenvalue weighted by atomic mass is 10.1. The molecule has 0 bridgehead atoms. The van der Waals surface area contributed by atoms with Crippen molar-refractivity contribution in [2.45, 2.75) is 38.9 Å². The minimum atomic E-state index is 0.698. The average molecular weight is 194 g/mol. The molecule has 13 heavy (non-hydrogen) atoms. The SMILES string of the molecule is CC1=C/C/C=C(/SC(C)C)C/C=C\1. The largest absolute Gasteiger partial charge is 0.128 e. The van der Waals surface area contributed by atoms with Crippen LogP contribution in [0.3, 0.4) is 0 Å². The van der Waals surface area contributed by atoms with Gasteiger partial charge in [-0.3, -0.25) is 0 Å². The second-order valence-corrected chi connectivity index (χ2v) is 5.33. The Morgan fingerprint density at radius 3 is 2.77 bits per heavy atom. The number of thioether (sulfide) groups is 1. The van der Waals surface area contributed by atoms with Gasteiger partial charge in [-0.25, -0.2) is 0 Å². The number of rotatable bonds is 2. The predicted octanol–water partition coefficient (Wildman–Crippen LogP) is 4.31. The number of hydrogen-bond acceptors (Lipinski definition) is 1. The maximum atomic E-state index is 2.34. The summed E-state index contributed by atoms with van der Waals surface area (Å²) in [5, 5.41) is 0.698. The van der Waals surface area contributed by atoms with Gasteiger partial charge >= 0.3 is 0 Å². The van der Waals surface area contributed by atoms with Crippen molar-refractivity contribution in [1.82, 2.24) is 0 Å². The molecule has 0 spiro atoms. The quantitative estimate of drug-likeness (QED) is 0.631. The zero-order valence-corrected chi connectivity index (χ0v) is 9.53. The van der Waals surface area contributed by atoms with Crippen LogP contribution in [0, 0.1) is 0 Å². The first-order chi connectivity index (χ1) is 6.18. The van der Waals surface area contributed by atoms with E-state index in [4.69, 9.17) is 0 Å². The lowest BCUT2D eigenvalue weighted by Gasteiger charge is -2.09. The zero-order chi connectivity index (χ0) is 9.68. The first kappa shape index (κ1) is 10.6. The van der Waals surface area contributed by atoms with Gasteiger partial charge in [0.1, 0.15) is 0 Å². The molecule has 1 heteroatoms. The smallest absolute Gasteiger partial charge is 0.00345 e. The van der Waals surface area contributed by atoms with E-state index in [0.29, 0.717) is 5.25 Å². The number of allylic oxidation sites excluding steroid dienone is 6. The van der Waals surface area contributed by atoms with E-state index in [9.17, 15) is 0 Å². The predicted molar refractivity (Wildman–Crippen MR) is 62.9 cm³/mol. The van der Waals surface area contributed by atoms with Gasteiger partial charge in [0.15, 0.2) is 0 Å². The van der Waals surface area contributed by atoms with Gasteiger partial charge in [-0.05, 0) is 24.7 Å². The van der Waals surface area contributed by atoms with Crippen LogP contribution < -0.4 is 0 Å². The molecule has 0 unspecified atom stereocenters. The van der Waals surface area contributed by atoms with Gasteiger partial charge in [-0.15, -0.1) is 11.8 Å². The topological polar surface area (TPSA) is 0 Å². The zero-order valence-electron chi connectivity index (χ0n) is 8.71. The van der Waals surface area contributed by atoms with Crippen LogP contribution in [0.25, 0.3) is 0 Å². The van der Waals surface area contributed by atoms with E-state index in [0.717, 1.165) is 12.8 Å². The monoisotopic (exact) mass is 194 g/mol. The molecule has 0 heterocycles. The van der Waals surface area contributed by atoms with Crippen molar-refractivity contribution in [3.63, 3.8) is 0 Å². The number of hydrogen-bond donors (Lipinski definition) is 0. The van der Waals surface area contributed by atoms with E-state index in [-0.39, 0.29) is 0 Å². The van der Waals surface area contributed by atoms with E-state index in [1.54, 1.807) is 0 Å². The summed E-state index contributed by atoms with van der Waals surface area (Å²) < 4.78 is 0. The molecule has 72 valence electrons. The molecule has 0 saturated heterocycles. The standard InChI is InChI=1S/C12H18S/c1-10(2)13-12-8-4-6-11(3)7-5-9-12/h4,6-7,9-10H,5,8H2,1-3H3/b6-4-,11-7-,12-9+. The third kappa shape index (κ3) is 4.37. The third-order valence-corrected chi connectivity index (χ3v) is 2.98. The van der Waals surface area contributed by atoms with Gasteiger partial charge in [0.05, 0.1) is 0 Å². The first-order valence-corrected chi connectivity index (χ1v) is 5.75. The normalized spacial score (nSPS) is 28.3. The lowest BCUT2D eigenvalue weighted by molar-refractivity contribution is 1.11. The van der Waals surface area contributed by atoms with Crippen molar-refractivity contribution in [3.05, 3.63) is 34.8 Å². The Morgan fingerprint density at radius 1 is 1.31 bits per heavy atom. The van der Waals surface area contributed by atoms with E-state index in [1.807, 2.05) is 11.8 Å². The molecule has 0 aromatic heterocycles. The Morgan fingerprint density at radius 2 is 2.08 bits per heavy atom. The first-order valence-electron chi connectivity index (χ1n) is 4.87. The van der Waals surface area contributed by atoms with Crippen molar-refractivity contribution in [2.75, 3.05) is 0 Å². The maximum Gasteiger partial charge on any atom is 0.00345 e. The van der Waals surface area contributed by atoms with Gasteiger partial charge < -0.3 is 0 Å². The van der Waals surface area contributed by atoms with E-state index >= 15 is 0 Å². The van der Waals surface area contributed by atoms with Gasteiger partial charge in [-0.1, -0.05) is 43.7 Å². The highest BCUT2D eigenvalue weighted by molar-refractivity contribution is 8.03. The highest BCUT2D eigenvalue weighted by Crippen LogP contribution is 2.26. The van der Waals surface area contributed by atoms with Crippen LogP contribution in [0.2, 0.25) is 0 Å². The molecule has 0 fully saturated rings. The Kier molecular flexibility index (Phi) is 4.37. The van der Waals surface area contributed by atoms with Crippen LogP contribution in [-0.4, -0.2) is 5.25 Å². The van der Waals surface area contributed by atoms with Crippen LogP contribution in [0.5, 0.6) is 0 Å². The van der Waals surface area contributed by atoms with Gasteiger partial charge in [-0.2, -0.15) is 0 Å². The lowest BCUT2D eigenvalue weighted by Crippen LogP contribution is -1.89. The minimum absolute atomic E-state index is 0.698. The summed E-state index contributed by atoms with van der Waals surface area (Å²) in [6.45, 7) is 6.65. The van der Waals surface area contributed by atoms with Crippen LogP contribution in [0.1, 0.15) is 33.6 Å². The summed E-state index contributed by atoms with van der Waals surface area (Å²) in [7, 11) is 0. The molecular weight excluding hydrogens is 176 g/mol. The van der Waals surface area contributed by atoms with Crippen molar-refractivity contribution in [1.29, 1.82) is 0 Å². The Hall–Kier alpha value is -0.430. The second kappa shape index (κ2) is 5.33. The maximum absolute atomic E-state index is 2.34. The molecule has 0 N–H and O–H groups in total. The fourth-order valence-electron chi connectivity index (χ4n) is 1.29. The fourth-order valence-corrected chi connectivity index (χ4v) is 2.28. The highest BCUT2D eigenvalue weighted by Gasteiger charge is 2.00. The molecule has 1 rings (SSSR count).